The van der Waals surface area contributed by atoms with E-state index in [1.165, 1.54) is 5.56 Å². The Hall–Kier alpha value is -1.77. The van der Waals surface area contributed by atoms with Crippen molar-refractivity contribution in [3.8, 4) is 0 Å². The van der Waals surface area contributed by atoms with Crippen molar-refractivity contribution < 1.29 is 4.79 Å². The first-order chi connectivity index (χ1) is 9.24. The zero-order chi connectivity index (χ0) is 15.1. The van der Waals surface area contributed by atoms with Gasteiger partial charge in [0.15, 0.2) is 0 Å². The van der Waals surface area contributed by atoms with Gasteiger partial charge in [0, 0.05) is 11.7 Å². The van der Waals surface area contributed by atoms with Crippen LogP contribution >= 0.6 is 0 Å². The van der Waals surface area contributed by atoms with Crippen LogP contribution in [-0.4, -0.2) is 22.5 Å². The lowest BCUT2D eigenvalue weighted by Gasteiger charge is -2.47. The topological polar surface area (TPSA) is 23.6 Å². The number of nitrogens with zero attached hydrogens (tertiary/aromatic N) is 2. The Morgan fingerprint density at radius 1 is 1.05 bits per heavy atom. The van der Waals surface area contributed by atoms with E-state index in [9.17, 15) is 4.79 Å². The Kier molecular flexibility index (Phi) is 3.63. The van der Waals surface area contributed by atoms with E-state index >= 15 is 0 Å². The molecule has 0 unspecified atom stereocenters. The predicted octanol–water partition coefficient (Wildman–Crippen LogP) is 4.33. The highest BCUT2D eigenvalue weighted by Gasteiger charge is 2.39. The van der Waals surface area contributed by atoms with E-state index in [2.05, 4.69) is 33.8 Å². The summed E-state index contributed by atoms with van der Waals surface area (Å²) in [5.74, 6) is 0. The summed E-state index contributed by atoms with van der Waals surface area (Å²) < 4.78 is 0. The van der Waals surface area contributed by atoms with Crippen molar-refractivity contribution in [2.75, 3.05) is 4.90 Å². The van der Waals surface area contributed by atoms with Gasteiger partial charge >= 0.3 is 6.03 Å². The van der Waals surface area contributed by atoms with Gasteiger partial charge in [0.1, 0.15) is 0 Å². The third-order valence-corrected chi connectivity index (χ3v) is 3.74. The SMILES string of the molecule is CC1=CC(C)(C)N(C(C)C)C(=O)N1c1ccc(C)cc1. The summed E-state index contributed by atoms with van der Waals surface area (Å²) in [6.07, 6.45) is 2.16. The normalized spacial score (nSPS) is 18.6. The first kappa shape index (κ1) is 14.6. The maximum Gasteiger partial charge on any atom is 0.329 e. The van der Waals surface area contributed by atoms with E-state index < -0.39 is 0 Å². The summed E-state index contributed by atoms with van der Waals surface area (Å²) >= 11 is 0. The van der Waals surface area contributed by atoms with Crippen LogP contribution < -0.4 is 4.90 Å². The summed E-state index contributed by atoms with van der Waals surface area (Å²) in [6.45, 7) is 12.3. The van der Waals surface area contributed by atoms with Gasteiger partial charge in [0.25, 0.3) is 0 Å². The van der Waals surface area contributed by atoms with E-state index in [4.69, 9.17) is 0 Å². The summed E-state index contributed by atoms with van der Waals surface area (Å²) in [7, 11) is 0. The highest BCUT2D eigenvalue weighted by molar-refractivity contribution is 5.97. The molecule has 0 saturated carbocycles. The summed E-state index contributed by atoms with van der Waals surface area (Å²) in [6, 6.07) is 8.29. The number of urea groups is 1. The van der Waals surface area contributed by atoms with Crippen molar-refractivity contribution in [2.45, 2.75) is 53.1 Å². The standard InChI is InChI=1S/C17H24N2O/c1-12(2)19-16(20)18(14(4)11-17(19,5)6)15-9-7-13(3)8-10-15/h7-12H,1-6H3. The first-order valence-corrected chi connectivity index (χ1v) is 7.13. The fourth-order valence-electron chi connectivity index (χ4n) is 3.04. The van der Waals surface area contributed by atoms with Crippen LogP contribution in [0.3, 0.4) is 0 Å². The number of aryl methyl sites for hydroxylation is 1. The van der Waals surface area contributed by atoms with Gasteiger partial charge in [-0.25, -0.2) is 4.79 Å². The molecule has 0 aromatic heterocycles. The number of benzene rings is 1. The van der Waals surface area contributed by atoms with Gasteiger partial charge in [-0.3, -0.25) is 4.90 Å². The molecule has 0 N–H and O–H groups in total. The fraction of sp³-hybridized carbons (Fsp3) is 0.471. The van der Waals surface area contributed by atoms with Crippen molar-refractivity contribution >= 4 is 11.7 Å². The van der Waals surface area contributed by atoms with Crippen LogP contribution in [0.5, 0.6) is 0 Å². The molecule has 20 heavy (non-hydrogen) atoms. The number of amides is 2. The molecule has 1 heterocycles. The molecule has 0 atom stereocenters. The zero-order valence-electron chi connectivity index (χ0n) is 13.3. The number of rotatable bonds is 2. The molecule has 108 valence electrons. The molecule has 3 heteroatoms. The van der Waals surface area contributed by atoms with Crippen LogP contribution in [0.4, 0.5) is 10.5 Å². The lowest BCUT2D eigenvalue weighted by Crippen LogP contribution is -2.58. The molecule has 0 radical (unpaired) electrons. The van der Waals surface area contributed by atoms with Gasteiger partial charge in [-0.15, -0.1) is 0 Å². The Morgan fingerprint density at radius 3 is 2.10 bits per heavy atom. The minimum atomic E-state index is -0.253. The number of allylic oxidation sites excluding steroid dienone is 1. The van der Waals surface area contributed by atoms with Crippen LogP contribution in [-0.2, 0) is 0 Å². The Morgan fingerprint density at radius 2 is 1.60 bits per heavy atom. The van der Waals surface area contributed by atoms with Gasteiger partial charge in [-0.2, -0.15) is 0 Å². The maximum atomic E-state index is 12.9. The first-order valence-electron chi connectivity index (χ1n) is 7.13. The molecule has 0 saturated heterocycles. The van der Waals surface area contributed by atoms with Crippen molar-refractivity contribution in [3.05, 3.63) is 41.6 Å². The van der Waals surface area contributed by atoms with Crippen molar-refractivity contribution in [1.82, 2.24) is 4.90 Å². The lowest BCUT2D eigenvalue weighted by atomic mass is 9.96. The largest absolute Gasteiger partial charge is 0.329 e. The van der Waals surface area contributed by atoms with Crippen LogP contribution in [0.15, 0.2) is 36.0 Å². The average molecular weight is 272 g/mol. The Labute approximate surface area is 121 Å². The highest BCUT2D eigenvalue weighted by Crippen LogP contribution is 2.33. The summed E-state index contributed by atoms with van der Waals surface area (Å²) in [5.41, 5.74) is 2.86. The monoisotopic (exact) mass is 272 g/mol. The molecular weight excluding hydrogens is 248 g/mol. The van der Waals surface area contributed by atoms with Crippen molar-refractivity contribution in [2.24, 2.45) is 0 Å². The molecule has 0 fully saturated rings. The number of anilines is 1. The van der Waals surface area contributed by atoms with E-state index in [1.54, 1.807) is 4.90 Å². The minimum absolute atomic E-state index is 0.0499. The lowest BCUT2D eigenvalue weighted by molar-refractivity contribution is 0.137. The summed E-state index contributed by atoms with van der Waals surface area (Å²) in [4.78, 5) is 16.6. The predicted molar refractivity (Wildman–Crippen MR) is 83.9 cm³/mol. The highest BCUT2D eigenvalue weighted by atomic mass is 16.2. The molecular formula is C17H24N2O. The van der Waals surface area contributed by atoms with Crippen molar-refractivity contribution in [3.63, 3.8) is 0 Å². The van der Waals surface area contributed by atoms with Crippen LogP contribution in [0, 0.1) is 6.92 Å². The second-order valence-corrected chi connectivity index (χ2v) is 6.36. The molecule has 2 rings (SSSR count). The van der Waals surface area contributed by atoms with Gasteiger partial charge < -0.3 is 4.90 Å². The second kappa shape index (κ2) is 4.97. The molecule has 0 bridgehead atoms. The third-order valence-electron chi connectivity index (χ3n) is 3.74. The van der Waals surface area contributed by atoms with E-state index in [0.29, 0.717) is 0 Å². The molecule has 0 aliphatic carbocycles. The van der Waals surface area contributed by atoms with E-state index in [1.807, 2.05) is 43.0 Å². The quantitative estimate of drug-likeness (QED) is 0.786. The summed E-state index contributed by atoms with van der Waals surface area (Å²) in [5, 5.41) is 0. The average Bonchev–Trinajstić information content (AvgIpc) is 2.29. The van der Waals surface area contributed by atoms with Gasteiger partial charge in [-0.1, -0.05) is 17.7 Å². The van der Waals surface area contributed by atoms with Crippen LogP contribution in [0.1, 0.15) is 40.2 Å². The molecule has 1 aromatic rings. The van der Waals surface area contributed by atoms with Gasteiger partial charge in [0.05, 0.1) is 11.2 Å². The number of hydrogen-bond acceptors (Lipinski definition) is 1. The molecule has 2 amide bonds. The third kappa shape index (κ3) is 2.45. The Bertz CT molecular complexity index is 541. The molecule has 0 spiro atoms. The molecule has 1 aromatic carbocycles. The van der Waals surface area contributed by atoms with Crippen LogP contribution in [0.25, 0.3) is 0 Å². The fourth-order valence-corrected chi connectivity index (χ4v) is 3.04. The molecule has 1 aliphatic heterocycles. The number of hydrogen-bond donors (Lipinski definition) is 0. The molecule has 3 nitrogen and oxygen atoms in total. The van der Waals surface area contributed by atoms with Gasteiger partial charge in [-0.05, 0) is 59.8 Å². The maximum absolute atomic E-state index is 12.9. The van der Waals surface area contributed by atoms with E-state index in [0.717, 1.165) is 11.4 Å². The van der Waals surface area contributed by atoms with Gasteiger partial charge in [0.2, 0.25) is 0 Å². The van der Waals surface area contributed by atoms with Crippen LogP contribution in [0.2, 0.25) is 0 Å². The zero-order valence-corrected chi connectivity index (χ0v) is 13.3. The Balaban J connectivity index is 2.49. The van der Waals surface area contributed by atoms with E-state index in [-0.39, 0.29) is 17.6 Å². The number of carbonyl (C=O) groups excluding carboxylic acids is 1. The molecule has 1 aliphatic rings. The second-order valence-electron chi connectivity index (χ2n) is 6.36. The smallest absolute Gasteiger partial charge is 0.313 e. The van der Waals surface area contributed by atoms with Crippen molar-refractivity contribution in [1.29, 1.82) is 0 Å². The minimum Gasteiger partial charge on any atom is -0.313 e. The number of carbonyl (C=O) groups is 1.